The fraction of sp³-hybridized carbons (Fsp3) is 0.308. The second-order valence-corrected chi connectivity index (χ2v) is 3.87. The average molecular weight is 215 g/mol. The molecule has 1 aromatic heterocycles. The Bertz CT molecular complexity index is 486. The van der Waals surface area contributed by atoms with E-state index in [2.05, 4.69) is 29.9 Å². The fourth-order valence-electron chi connectivity index (χ4n) is 1.90. The van der Waals surface area contributed by atoms with Crippen molar-refractivity contribution >= 4 is 0 Å². The molecule has 0 saturated heterocycles. The maximum Gasteiger partial charge on any atom is 0.138 e. The Morgan fingerprint density at radius 1 is 1.31 bits per heavy atom. The number of nitrogens with two attached hydrogens (primary N) is 1. The highest BCUT2D eigenvalue weighted by atomic mass is 14.9. The molecule has 0 unspecified atom stereocenters. The van der Waals surface area contributed by atoms with E-state index in [-0.39, 0.29) is 0 Å². The fourth-order valence-corrected chi connectivity index (χ4v) is 1.90. The molecule has 16 heavy (non-hydrogen) atoms. The molecule has 0 saturated carbocycles. The number of aromatic amines is 1. The van der Waals surface area contributed by atoms with E-state index < -0.39 is 0 Å². The van der Waals surface area contributed by atoms with Gasteiger partial charge in [-0.15, -0.1) is 0 Å². The maximum absolute atomic E-state index is 5.72. The molecule has 1 heterocycles. The van der Waals surface area contributed by atoms with Crippen molar-refractivity contribution in [3.8, 4) is 11.4 Å². The SMILES string of the molecule is CCc1nc(-c2ccccc2CN)[nH]c1C. The van der Waals surface area contributed by atoms with E-state index in [0.717, 1.165) is 34.8 Å². The van der Waals surface area contributed by atoms with Crippen LogP contribution in [0.2, 0.25) is 0 Å². The predicted octanol–water partition coefficient (Wildman–Crippen LogP) is 2.41. The van der Waals surface area contributed by atoms with E-state index in [1.54, 1.807) is 0 Å². The lowest BCUT2D eigenvalue weighted by atomic mass is 10.1. The molecule has 3 N–H and O–H groups in total. The lowest BCUT2D eigenvalue weighted by molar-refractivity contribution is 1.04. The highest BCUT2D eigenvalue weighted by molar-refractivity contribution is 5.60. The largest absolute Gasteiger partial charge is 0.342 e. The van der Waals surface area contributed by atoms with Crippen LogP contribution in [0.4, 0.5) is 0 Å². The first kappa shape index (κ1) is 10.9. The third kappa shape index (κ3) is 1.86. The molecule has 0 amide bonds. The maximum atomic E-state index is 5.72. The number of rotatable bonds is 3. The van der Waals surface area contributed by atoms with Crippen molar-refractivity contribution in [1.29, 1.82) is 0 Å². The van der Waals surface area contributed by atoms with Crippen LogP contribution in [0.15, 0.2) is 24.3 Å². The van der Waals surface area contributed by atoms with Gasteiger partial charge in [0.25, 0.3) is 0 Å². The van der Waals surface area contributed by atoms with Gasteiger partial charge in [0.15, 0.2) is 0 Å². The number of nitrogens with one attached hydrogen (secondary N) is 1. The van der Waals surface area contributed by atoms with Gasteiger partial charge in [0.2, 0.25) is 0 Å². The second kappa shape index (κ2) is 4.49. The first-order chi connectivity index (χ1) is 7.76. The molecule has 0 aliphatic carbocycles. The molecule has 0 radical (unpaired) electrons. The highest BCUT2D eigenvalue weighted by Gasteiger charge is 2.09. The first-order valence-corrected chi connectivity index (χ1v) is 5.60. The van der Waals surface area contributed by atoms with E-state index >= 15 is 0 Å². The van der Waals surface area contributed by atoms with Gasteiger partial charge in [-0.25, -0.2) is 4.98 Å². The number of aryl methyl sites for hydroxylation is 2. The van der Waals surface area contributed by atoms with Crippen LogP contribution < -0.4 is 5.73 Å². The minimum Gasteiger partial charge on any atom is -0.342 e. The summed E-state index contributed by atoms with van der Waals surface area (Å²) in [6.07, 6.45) is 0.952. The van der Waals surface area contributed by atoms with Crippen molar-refractivity contribution in [2.24, 2.45) is 5.73 Å². The van der Waals surface area contributed by atoms with Crippen LogP contribution in [0.5, 0.6) is 0 Å². The van der Waals surface area contributed by atoms with Gasteiger partial charge in [0, 0.05) is 17.8 Å². The molecule has 0 aliphatic heterocycles. The van der Waals surface area contributed by atoms with Gasteiger partial charge in [0.05, 0.1) is 5.69 Å². The first-order valence-electron chi connectivity index (χ1n) is 5.60. The van der Waals surface area contributed by atoms with E-state index in [1.165, 1.54) is 0 Å². The van der Waals surface area contributed by atoms with Gasteiger partial charge in [0.1, 0.15) is 5.82 Å². The number of nitrogens with zero attached hydrogens (tertiary/aromatic N) is 1. The molecular formula is C13H17N3. The number of hydrogen-bond acceptors (Lipinski definition) is 2. The van der Waals surface area contributed by atoms with Gasteiger partial charge in [-0.3, -0.25) is 0 Å². The lowest BCUT2D eigenvalue weighted by Crippen LogP contribution is -1.99. The number of benzene rings is 1. The number of aromatic nitrogens is 2. The van der Waals surface area contributed by atoms with Crippen molar-refractivity contribution < 1.29 is 0 Å². The molecular weight excluding hydrogens is 198 g/mol. The summed E-state index contributed by atoms with van der Waals surface area (Å²) in [7, 11) is 0. The van der Waals surface area contributed by atoms with Crippen molar-refractivity contribution in [3.63, 3.8) is 0 Å². The van der Waals surface area contributed by atoms with Crippen molar-refractivity contribution in [2.75, 3.05) is 0 Å². The Kier molecular flexibility index (Phi) is 3.06. The predicted molar refractivity (Wildman–Crippen MR) is 66.0 cm³/mol. The van der Waals surface area contributed by atoms with Crippen LogP contribution in [0, 0.1) is 6.92 Å². The summed E-state index contributed by atoms with van der Waals surface area (Å²) < 4.78 is 0. The minimum atomic E-state index is 0.539. The summed E-state index contributed by atoms with van der Waals surface area (Å²) in [5.41, 5.74) is 10.2. The summed E-state index contributed by atoms with van der Waals surface area (Å²) in [5.74, 6) is 0.926. The molecule has 0 atom stereocenters. The van der Waals surface area contributed by atoms with E-state index in [9.17, 15) is 0 Å². The van der Waals surface area contributed by atoms with Crippen LogP contribution in [-0.4, -0.2) is 9.97 Å². The molecule has 2 aromatic rings. The summed E-state index contributed by atoms with van der Waals surface area (Å²) in [5, 5.41) is 0. The summed E-state index contributed by atoms with van der Waals surface area (Å²) in [4.78, 5) is 7.92. The van der Waals surface area contributed by atoms with Gasteiger partial charge < -0.3 is 10.7 Å². The molecule has 3 nitrogen and oxygen atoms in total. The second-order valence-electron chi connectivity index (χ2n) is 3.87. The zero-order chi connectivity index (χ0) is 11.5. The van der Waals surface area contributed by atoms with Crippen molar-refractivity contribution in [2.45, 2.75) is 26.8 Å². The summed E-state index contributed by atoms with van der Waals surface area (Å²) in [6, 6.07) is 8.11. The van der Waals surface area contributed by atoms with Gasteiger partial charge >= 0.3 is 0 Å². The Hall–Kier alpha value is -1.61. The summed E-state index contributed by atoms with van der Waals surface area (Å²) >= 11 is 0. The highest BCUT2D eigenvalue weighted by Crippen LogP contribution is 2.22. The van der Waals surface area contributed by atoms with Crippen LogP contribution in [0.25, 0.3) is 11.4 Å². The molecule has 0 aliphatic rings. The Morgan fingerprint density at radius 2 is 2.06 bits per heavy atom. The molecule has 2 rings (SSSR count). The van der Waals surface area contributed by atoms with Crippen molar-refractivity contribution in [1.82, 2.24) is 9.97 Å². The zero-order valence-electron chi connectivity index (χ0n) is 9.75. The third-order valence-electron chi connectivity index (χ3n) is 2.81. The van der Waals surface area contributed by atoms with Gasteiger partial charge in [-0.2, -0.15) is 0 Å². The quantitative estimate of drug-likeness (QED) is 0.826. The topological polar surface area (TPSA) is 54.7 Å². The van der Waals surface area contributed by atoms with Crippen LogP contribution in [0.3, 0.4) is 0 Å². The Balaban J connectivity index is 2.49. The zero-order valence-corrected chi connectivity index (χ0v) is 9.75. The van der Waals surface area contributed by atoms with E-state index in [0.29, 0.717) is 6.54 Å². The third-order valence-corrected chi connectivity index (χ3v) is 2.81. The molecule has 1 aromatic carbocycles. The number of hydrogen-bond donors (Lipinski definition) is 2. The monoisotopic (exact) mass is 215 g/mol. The molecule has 0 spiro atoms. The normalized spacial score (nSPS) is 10.7. The van der Waals surface area contributed by atoms with Crippen molar-refractivity contribution in [3.05, 3.63) is 41.2 Å². The minimum absolute atomic E-state index is 0.539. The summed E-state index contributed by atoms with van der Waals surface area (Å²) in [6.45, 7) is 4.71. The number of H-pyrrole nitrogens is 1. The Labute approximate surface area is 95.7 Å². The van der Waals surface area contributed by atoms with Gasteiger partial charge in [-0.05, 0) is 18.9 Å². The lowest BCUT2D eigenvalue weighted by Gasteiger charge is -2.03. The Morgan fingerprint density at radius 3 is 2.69 bits per heavy atom. The van der Waals surface area contributed by atoms with E-state index in [1.807, 2.05) is 18.2 Å². The standard InChI is InChI=1S/C13H17N3/c1-3-12-9(2)15-13(16-12)11-7-5-4-6-10(11)8-14/h4-7H,3,8,14H2,1-2H3,(H,15,16). The molecule has 84 valence electrons. The molecule has 3 heteroatoms. The van der Waals surface area contributed by atoms with E-state index in [4.69, 9.17) is 5.73 Å². The van der Waals surface area contributed by atoms with Gasteiger partial charge in [-0.1, -0.05) is 31.2 Å². The smallest absolute Gasteiger partial charge is 0.138 e. The van der Waals surface area contributed by atoms with Crippen LogP contribution >= 0.6 is 0 Å². The van der Waals surface area contributed by atoms with Crippen LogP contribution in [-0.2, 0) is 13.0 Å². The molecule has 0 bridgehead atoms. The molecule has 0 fully saturated rings. The number of imidazole rings is 1. The average Bonchev–Trinajstić information content (AvgIpc) is 2.70. The van der Waals surface area contributed by atoms with Crippen LogP contribution in [0.1, 0.15) is 23.9 Å².